The number of methoxy groups -OCH3 is 1. The molecule has 0 heterocycles. The summed E-state index contributed by atoms with van der Waals surface area (Å²) in [5.74, 6) is 4.51. The first-order valence-electron chi connectivity index (χ1n) is 8.12. The molecule has 0 amide bonds. The lowest BCUT2D eigenvalue weighted by molar-refractivity contribution is -0.863. The van der Waals surface area contributed by atoms with Crippen molar-refractivity contribution in [2.45, 2.75) is 31.6 Å². The molecule has 0 unspecified atom stereocenters. The summed E-state index contributed by atoms with van der Waals surface area (Å²) in [6.45, 7) is 1.32. The van der Waals surface area contributed by atoms with Crippen molar-refractivity contribution >= 4 is 0 Å². The highest BCUT2D eigenvalue weighted by atomic mass is 35.5. The molecule has 1 N–H and O–H groups in total. The Labute approximate surface area is 135 Å². The van der Waals surface area contributed by atoms with Gasteiger partial charge >= 0.3 is 0 Å². The predicted octanol–water partition coefficient (Wildman–Crippen LogP) is -0.636. The smallest absolute Gasteiger partial charge is 0.118 e. The van der Waals surface area contributed by atoms with Gasteiger partial charge in [-0.3, -0.25) is 0 Å². The highest BCUT2D eigenvalue weighted by Crippen LogP contribution is 2.52. The summed E-state index contributed by atoms with van der Waals surface area (Å²) in [6, 6.07) is 8.89. The Balaban J connectivity index is 0.00000161. The molecule has 2 bridgehead atoms. The first kappa shape index (κ1) is 16.6. The number of halogens is 1. The minimum absolute atomic E-state index is 0. The largest absolute Gasteiger partial charge is 1.00 e. The quantitative estimate of drug-likeness (QED) is 0.781. The molecule has 3 heteroatoms. The van der Waals surface area contributed by atoms with Crippen molar-refractivity contribution < 1.29 is 22.0 Å². The number of hydrogen-bond donors (Lipinski definition) is 1. The number of quaternary nitrogens is 1. The molecule has 1 aromatic carbocycles. The topological polar surface area (TPSA) is 13.7 Å². The van der Waals surface area contributed by atoms with Crippen molar-refractivity contribution in [3.63, 3.8) is 0 Å². The van der Waals surface area contributed by atoms with E-state index in [9.17, 15) is 0 Å². The molecule has 3 aliphatic carbocycles. The van der Waals surface area contributed by atoms with Crippen LogP contribution < -0.4 is 22.0 Å². The van der Waals surface area contributed by atoms with Gasteiger partial charge in [-0.15, -0.1) is 0 Å². The van der Waals surface area contributed by atoms with Gasteiger partial charge in [0.1, 0.15) is 5.75 Å². The van der Waals surface area contributed by atoms with Crippen molar-refractivity contribution in [3.05, 3.63) is 29.8 Å². The van der Waals surface area contributed by atoms with Crippen LogP contribution in [0.25, 0.3) is 0 Å². The third kappa shape index (κ3) is 3.37. The molecular formula is C18H28ClNO. The Morgan fingerprint density at radius 1 is 1.00 bits per heavy atom. The highest BCUT2D eigenvalue weighted by Gasteiger charge is 2.45. The third-order valence-electron chi connectivity index (χ3n) is 5.54. The van der Waals surface area contributed by atoms with Crippen molar-refractivity contribution in [3.8, 4) is 5.75 Å². The second kappa shape index (κ2) is 7.02. The molecule has 4 rings (SSSR count). The second-order valence-corrected chi connectivity index (χ2v) is 7.05. The van der Waals surface area contributed by atoms with Gasteiger partial charge in [-0.05, 0) is 61.1 Å². The number of rotatable bonds is 4. The summed E-state index contributed by atoms with van der Waals surface area (Å²) in [7, 11) is 6.34. The maximum Gasteiger partial charge on any atom is 0.118 e. The minimum atomic E-state index is 0. The first-order valence-corrected chi connectivity index (χ1v) is 8.12. The fourth-order valence-electron chi connectivity index (χ4n) is 4.69. The molecular weight excluding hydrogens is 282 g/mol. The lowest BCUT2D eigenvalue weighted by Crippen LogP contribution is -3.06. The van der Waals surface area contributed by atoms with Crippen molar-refractivity contribution in [2.24, 2.45) is 17.8 Å². The second-order valence-electron chi connectivity index (χ2n) is 7.05. The van der Waals surface area contributed by atoms with Gasteiger partial charge in [-0.2, -0.15) is 0 Å². The van der Waals surface area contributed by atoms with Crippen LogP contribution in [-0.4, -0.2) is 27.7 Å². The third-order valence-corrected chi connectivity index (χ3v) is 5.54. The standard InChI is InChI=1S/C18H27NO.ClH/c1-19(2)12-17-13-4-6-14(7-5-13)18(17)15-8-10-16(20-3)11-9-15;/h8-11,13-14,17-18H,4-7,12H2,1-3H3;1H/t13?,14?,17-,18-;/m1./s1. The van der Waals surface area contributed by atoms with E-state index in [-0.39, 0.29) is 12.4 Å². The summed E-state index contributed by atoms with van der Waals surface area (Å²) in [5.41, 5.74) is 1.55. The molecule has 0 aliphatic heterocycles. The Morgan fingerprint density at radius 3 is 2.10 bits per heavy atom. The van der Waals surface area contributed by atoms with Gasteiger partial charge in [0.15, 0.2) is 0 Å². The minimum Gasteiger partial charge on any atom is -1.00 e. The van der Waals surface area contributed by atoms with Gasteiger partial charge in [0, 0.05) is 5.92 Å². The molecule has 3 fully saturated rings. The van der Waals surface area contributed by atoms with Crippen molar-refractivity contribution in [1.82, 2.24) is 0 Å². The molecule has 0 spiro atoms. The fourth-order valence-corrected chi connectivity index (χ4v) is 4.69. The molecule has 2 nitrogen and oxygen atoms in total. The van der Waals surface area contributed by atoms with Gasteiger partial charge in [-0.1, -0.05) is 12.1 Å². The average Bonchev–Trinajstić information content (AvgIpc) is 2.48. The normalized spacial score (nSPS) is 31.0. The van der Waals surface area contributed by atoms with E-state index in [0.29, 0.717) is 0 Å². The SMILES string of the molecule is COc1ccc([C@H]2C3CCC(CC3)[C@H]2C[NH+](C)C)cc1.[Cl-]. The molecule has 0 saturated heterocycles. The zero-order valence-corrected chi connectivity index (χ0v) is 14.2. The molecule has 1 aromatic rings. The number of fused-ring (bicyclic) bond motifs is 3. The first-order chi connectivity index (χ1) is 9.69. The van der Waals surface area contributed by atoms with Gasteiger partial charge in [-0.25, -0.2) is 0 Å². The number of ether oxygens (including phenoxy) is 1. The number of hydrogen-bond acceptors (Lipinski definition) is 1. The zero-order chi connectivity index (χ0) is 14.1. The van der Waals surface area contributed by atoms with E-state index in [0.717, 1.165) is 29.4 Å². The van der Waals surface area contributed by atoms with E-state index in [1.54, 1.807) is 17.6 Å². The van der Waals surface area contributed by atoms with Crippen LogP contribution in [0.15, 0.2) is 24.3 Å². The molecule has 0 radical (unpaired) electrons. The van der Waals surface area contributed by atoms with Gasteiger partial charge in [0.05, 0.1) is 27.7 Å². The van der Waals surface area contributed by atoms with Crippen LogP contribution in [0.1, 0.15) is 37.2 Å². The maximum absolute atomic E-state index is 5.31. The van der Waals surface area contributed by atoms with Crippen LogP contribution in [0.5, 0.6) is 5.75 Å². The molecule has 2 atom stereocenters. The van der Waals surface area contributed by atoms with Crippen LogP contribution in [0, 0.1) is 17.8 Å². The lowest BCUT2D eigenvalue weighted by atomic mass is 9.57. The van der Waals surface area contributed by atoms with Crippen LogP contribution in [0.3, 0.4) is 0 Å². The summed E-state index contributed by atoms with van der Waals surface area (Å²) in [5, 5.41) is 0. The van der Waals surface area contributed by atoms with Crippen LogP contribution in [0.2, 0.25) is 0 Å². The maximum atomic E-state index is 5.31. The van der Waals surface area contributed by atoms with E-state index in [2.05, 4.69) is 38.4 Å². The molecule has 118 valence electrons. The lowest BCUT2D eigenvalue weighted by Gasteiger charge is -2.49. The fraction of sp³-hybridized carbons (Fsp3) is 0.667. The van der Waals surface area contributed by atoms with E-state index in [1.165, 1.54) is 32.2 Å². The molecule has 21 heavy (non-hydrogen) atoms. The van der Waals surface area contributed by atoms with Crippen LogP contribution in [-0.2, 0) is 0 Å². The summed E-state index contributed by atoms with van der Waals surface area (Å²) in [6.07, 6.45) is 5.83. The summed E-state index contributed by atoms with van der Waals surface area (Å²) >= 11 is 0. The van der Waals surface area contributed by atoms with Gasteiger partial charge in [0.2, 0.25) is 0 Å². The van der Waals surface area contributed by atoms with Gasteiger partial charge in [0.25, 0.3) is 0 Å². The molecule has 3 aliphatic rings. The van der Waals surface area contributed by atoms with E-state index >= 15 is 0 Å². The predicted molar refractivity (Wildman–Crippen MR) is 82.4 cm³/mol. The Bertz CT molecular complexity index is 437. The van der Waals surface area contributed by atoms with Crippen molar-refractivity contribution in [1.29, 1.82) is 0 Å². The Hall–Kier alpha value is -0.730. The number of benzene rings is 1. The highest BCUT2D eigenvalue weighted by molar-refractivity contribution is 5.31. The van der Waals surface area contributed by atoms with Crippen LogP contribution in [0.4, 0.5) is 0 Å². The van der Waals surface area contributed by atoms with E-state index in [1.807, 2.05) is 0 Å². The van der Waals surface area contributed by atoms with Crippen LogP contribution >= 0.6 is 0 Å². The van der Waals surface area contributed by atoms with Crippen molar-refractivity contribution in [2.75, 3.05) is 27.7 Å². The summed E-state index contributed by atoms with van der Waals surface area (Å²) < 4.78 is 5.31. The summed E-state index contributed by atoms with van der Waals surface area (Å²) in [4.78, 5) is 1.60. The monoisotopic (exact) mass is 309 g/mol. The molecule has 3 saturated carbocycles. The molecule has 0 aromatic heterocycles. The Kier molecular flexibility index (Phi) is 5.56. The average molecular weight is 310 g/mol. The van der Waals surface area contributed by atoms with Gasteiger partial charge < -0.3 is 22.0 Å². The zero-order valence-electron chi connectivity index (χ0n) is 13.4. The number of nitrogens with one attached hydrogen (secondary N) is 1. The van der Waals surface area contributed by atoms with E-state index < -0.39 is 0 Å². The van der Waals surface area contributed by atoms with E-state index in [4.69, 9.17) is 4.74 Å². The Morgan fingerprint density at radius 2 is 1.57 bits per heavy atom.